The Morgan fingerprint density at radius 2 is 2.38 bits per heavy atom. The van der Waals surface area contributed by atoms with E-state index in [-0.39, 0.29) is 17.4 Å². The van der Waals surface area contributed by atoms with Crippen LogP contribution in [0.1, 0.15) is 32.6 Å². The predicted molar refractivity (Wildman–Crippen MR) is 47.0 cm³/mol. The van der Waals surface area contributed by atoms with E-state index in [9.17, 15) is 9.59 Å². The lowest BCUT2D eigenvalue weighted by atomic mass is 9.94. The Kier molecular flexibility index (Phi) is 2.90. The maximum absolute atomic E-state index is 10.9. The second kappa shape index (κ2) is 3.77. The van der Waals surface area contributed by atoms with E-state index < -0.39 is 0 Å². The van der Waals surface area contributed by atoms with Gasteiger partial charge in [-0.15, -0.1) is 0 Å². The van der Waals surface area contributed by atoms with Crippen molar-refractivity contribution >= 4 is 11.9 Å². The second-order valence-electron chi connectivity index (χ2n) is 3.68. The van der Waals surface area contributed by atoms with Gasteiger partial charge in [0.25, 0.3) is 0 Å². The van der Waals surface area contributed by atoms with E-state index >= 15 is 0 Å². The van der Waals surface area contributed by atoms with Crippen LogP contribution < -0.4 is 5.32 Å². The van der Waals surface area contributed by atoms with Gasteiger partial charge in [0, 0.05) is 18.4 Å². The van der Waals surface area contributed by atoms with Gasteiger partial charge in [-0.3, -0.25) is 9.59 Å². The Hall–Kier alpha value is -1.06. The molecule has 0 spiro atoms. The van der Waals surface area contributed by atoms with Gasteiger partial charge in [0.15, 0.2) is 0 Å². The molecule has 1 heterocycles. The highest BCUT2D eigenvalue weighted by molar-refractivity contribution is 5.79. The lowest BCUT2D eigenvalue weighted by molar-refractivity contribution is -0.141. The van der Waals surface area contributed by atoms with Crippen molar-refractivity contribution in [2.75, 3.05) is 7.11 Å². The SMILES string of the molecule is COC(=O)CC[C@]1(C)CCC(=O)N1. The third-order valence-electron chi connectivity index (χ3n) is 2.45. The molecule has 1 aliphatic heterocycles. The molecule has 1 atom stereocenters. The lowest BCUT2D eigenvalue weighted by Gasteiger charge is -2.22. The zero-order valence-corrected chi connectivity index (χ0v) is 8.05. The molecule has 1 fully saturated rings. The van der Waals surface area contributed by atoms with E-state index in [1.807, 2.05) is 6.92 Å². The summed E-state index contributed by atoms with van der Waals surface area (Å²) >= 11 is 0. The number of esters is 1. The summed E-state index contributed by atoms with van der Waals surface area (Å²) in [5.41, 5.74) is -0.203. The normalized spacial score (nSPS) is 27.1. The van der Waals surface area contributed by atoms with Gasteiger partial charge >= 0.3 is 5.97 Å². The molecule has 13 heavy (non-hydrogen) atoms. The maximum Gasteiger partial charge on any atom is 0.305 e. The summed E-state index contributed by atoms with van der Waals surface area (Å²) in [6.45, 7) is 1.96. The molecule has 0 aromatic rings. The number of ether oxygens (including phenoxy) is 1. The number of nitrogens with one attached hydrogen (secondary N) is 1. The number of hydrogen-bond acceptors (Lipinski definition) is 3. The zero-order chi connectivity index (χ0) is 9.90. The quantitative estimate of drug-likeness (QED) is 0.655. The van der Waals surface area contributed by atoms with Crippen molar-refractivity contribution in [3.05, 3.63) is 0 Å². The van der Waals surface area contributed by atoms with Crippen LogP contribution in [-0.2, 0) is 14.3 Å². The first kappa shape index (κ1) is 10.0. The molecule has 1 rings (SSSR count). The molecule has 1 N–H and O–H groups in total. The highest BCUT2D eigenvalue weighted by Gasteiger charge is 2.32. The molecule has 1 amide bonds. The highest BCUT2D eigenvalue weighted by Crippen LogP contribution is 2.24. The molecular formula is C9H15NO3. The highest BCUT2D eigenvalue weighted by atomic mass is 16.5. The number of hydrogen-bond donors (Lipinski definition) is 1. The molecule has 74 valence electrons. The summed E-state index contributed by atoms with van der Waals surface area (Å²) in [5.74, 6) is -0.144. The van der Waals surface area contributed by atoms with Crippen molar-refractivity contribution in [1.29, 1.82) is 0 Å². The zero-order valence-electron chi connectivity index (χ0n) is 8.05. The fraction of sp³-hybridized carbons (Fsp3) is 0.778. The molecule has 1 aliphatic rings. The average molecular weight is 185 g/mol. The Morgan fingerprint density at radius 1 is 1.69 bits per heavy atom. The number of carbonyl (C=O) groups is 2. The maximum atomic E-state index is 10.9. The van der Waals surface area contributed by atoms with Crippen LogP contribution in [0.3, 0.4) is 0 Å². The Bertz CT molecular complexity index is 227. The minimum absolute atomic E-state index is 0.0763. The van der Waals surface area contributed by atoms with Crippen LogP contribution in [0, 0.1) is 0 Å². The van der Waals surface area contributed by atoms with Crippen LogP contribution in [0.4, 0.5) is 0 Å². The van der Waals surface area contributed by atoms with E-state index in [0.29, 0.717) is 19.3 Å². The fourth-order valence-corrected chi connectivity index (χ4v) is 1.52. The Morgan fingerprint density at radius 3 is 2.85 bits per heavy atom. The molecule has 0 aromatic carbocycles. The van der Waals surface area contributed by atoms with Gasteiger partial charge in [0.05, 0.1) is 7.11 Å². The van der Waals surface area contributed by atoms with E-state index in [1.54, 1.807) is 0 Å². The molecule has 4 nitrogen and oxygen atoms in total. The summed E-state index contributed by atoms with van der Waals surface area (Å²) in [5, 5.41) is 2.86. The Balaban J connectivity index is 2.35. The first-order chi connectivity index (χ1) is 6.06. The minimum Gasteiger partial charge on any atom is -0.469 e. The fourth-order valence-electron chi connectivity index (χ4n) is 1.52. The summed E-state index contributed by atoms with van der Waals surface area (Å²) in [7, 11) is 1.37. The van der Waals surface area contributed by atoms with Gasteiger partial charge in [0.1, 0.15) is 0 Å². The summed E-state index contributed by atoms with van der Waals surface area (Å²) < 4.78 is 4.53. The minimum atomic E-state index is -0.220. The van der Waals surface area contributed by atoms with Gasteiger partial charge in [-0.25, -0.2) is 0 Å². The topological polar surface area (TPSA) is 55.4 Å². The van der Waals surface area contributed by atoms with Crippen molar-refractivity contribution < 1.29 is 14.3 Å². The third-order valence-corrected chi connectivity index (χ3v) is 2.45. The van der Waals surface area contributed by atoms with Gasteiger partial charge in [-0.05, 0) is 19.8 Å². The van der Waals surface area contributed by atoms with Crippen molar-refractivity contribution in [2.24, 2.45) is 0 Å². The van der Waals surface area contributed by atoms with Gasteiger partial charge < -0.3 is 10.1 Å². The summed E-state index contributed by atoms with van der Waals surface area (Å²) in [6.07, 6.45) is 2.40. The molecule has 0 radical (unpaired) electrons. The van der Waals surface area contributed by atoms with Crippen LogP contribution >= 0.6 is 0 Å². The largest absolute Gasteiger partial charge is 0.469 e. The summed E-state index contributed by atoms with van der Waals surface area (Å²) in [6, 6.07) is 0. The van der Waals surface area contributed by atoms with E-state index in [0.717, 1.165) is 6.42 Å². The molecule has 0 aliphatic carbocycles. The van der Waals surface area contributed by atoms with Crippen molar-refractivity contribution in [3.63, 3.8) is 0 Å². The third kappa shape index (κ3) is 2.72. The van der Waals surface area contributed by atoms with Crippen LogP contribution in [0.2, 0.25) is 0 Å². The first-order valence-corrected chi connectivity index (χ1v) is 4.43. The van der Waals surface area contributed by atoms with Crippen molar-refractivity contribution in [2.45, 2.75) is 38.1 Å². The molecule has 0 unspecified atom stereocenters. The molecular weight excluding hydrogens is 170 g/mol. The average Bonchev–Trinajstić information content (AvgIpc) is 2.43. The van der Waals surface area contributed by atoms with E-state index in [4.69, 9.17) is 0 Å². The van der Waals surface area contributed by atoms with Gasteiger partial charge in [-0.1, -0.05) is 0 Å². The molecule has 0 aromatic heterocycles. The van der Waals surface area contributed by atoms with Crippen molar-refractivity contribution in [3.8, 4) is 0 Å². The molecule has 0 saturated carbocycles. The lowest BCUT2D eigenvalue weighted by Crippen LogP contribution is -2.38. The second-order valence-corrected chi connectivity index (χ2v) is 3.68. The van der Waals surface area contributed by atoms with Crippen LogP contribution in [0.5, 0.6) is 0 Å². The van der Waals surface area contributed by atoms with Crippen LogP contribution in [-0.4, -0.2) is 24.5 Å². The standard InChI is InChI=1S/C9H15NO3/c1-9(5-3-7(11)10-9)6-4-8(12)13-2/h3-6H2,1-2H3,(H,10,11)/t9-/m0/s1. The number of methoxy groups -OCH3 is 1. The number of amides is 1. The van der Waals surface area contributed by atoms with Gasteiger partial charge in [-0.2, -0.15) is 0 Å². The monoisotopic (exact) mass is 185 g/mol. The number of carbonyl (C=O) groups excluding carboxylic acids is 2. The molecule has 4 heteroatoms. The van der Waals surface area contributed by atoms with E-state index in [1.165, 1.54) is 7.11 Å². The van der Waals surface area contributed by atoms with E-state index in [2.05, 4.69) is 10.1 Å². The molecule has 0 bridgehead atoms. The predicted octanol–water partition coefficient (Wildman–Crippen LogP) is 0.608. The van der Waals surface area contributed by atoms with Crippen LogP contribution in [0.25, 0.3) is 0 Å². The summed E-state index contributed by atoms with van der Waals surface area (Å²) in [4.78, 5) is 21.8. The number of rotatable bonds is 3. The van der Waals surface area contributed by atoms with Crippen LogP contribution in [0.15, 0.2) is 0 Å². The van der Waals surface area contributed by atoms with Gasteiger partial charge in [0.2, 0.25) is 5.91 Å². The smallest absolute Gasteiger partial charge is 0.305 e. The first-order valence-electron chi connectivity index (χ1n) is 4.43. The Labute approximate surface area is 77.6 Å². The van der Waals surface area contributed by atoms with Crippen molar-refractivity contribution in [1.82, 2.24) is 5.32 Å². The molecule has 1 saturated heterocycles.